The Hall–Kier alpha value is -3.68. The molecule has 3 rings (SSSR count). The lowest BCUT2D eigenvalue weighted by molar-refractivity contribution is -0.142. The number of amides is 1. The minimum absolute atomic E-state index is 0.158. The van der Waals surface area contributed by atoms with Crippen LogP contribution in [-0.2, 0) is 21.4 Å². The quantitative estimate of drug-likeness (QED) is 0.311. The first-order valence-corrected chi connectivity index (χ1v) is 12.9. The monoisotopic (exact) mass is 506 g/mol. The van der Waals surface area contributed by atoms with Gasteiger partial charge in [-0.15, -0.1) is 10.2 Å². The molecule has 2 N–H and O–H groups in total. The maximum absolute atomic E-state index is 12.3. The van der Waals surface area contributed by atoms with Crippen LogP contribution in [0.3, 0.4) is 0 Å². The summed E-state index contributed by atoms with van der Waals surface area (Å²) in [5, 5.41) is 14.7. The number of carbonyl (C=O) groups excluding carboxylic acids is 2. The van der Waals surface area contributed by atoms with Crippen molar-refractivity contribution in [3.63, 3.8) is 0 Å². The molecule has 8 nitrogen and oxygen atoms in total. The average Bonchev–Trinajstić information content (AvgIpc) is 3.36. The Morgan fingerprint density at radius 2 is 1.70 bits per heavy atom. The van der Waals surface area contributed by atoms with Crippen LogP contribution in [0.15, 0.2) is 52.9 Å². The zero-order valence-electron chi connectivity index (χ0n) is 22.5. The molecule has 1 atom stereocenters. The fourth-order valence-electron chi connectivity index (χ4n) is 3.85. The van der Waals surface area contributed by atoms with Gasteiger partial charge >= 0.3 is 5.97 Å². The summed E-state index contributed by atoms with van der Waals surface area (Å²) in [6.07, 6.45) is 3.08. The third-order valence-electron chi connectivity index (χ3n) is 5.82. The maximum atomic E-state index is 12.3. The Labute approximate surface area is 219 Å². The number of esters is 1. The van der Waals surface area contributed by atoms with Gasteiger partial charge in [-0.2, -0.15) is 0 Å². The van der Waals surface area contributed by atoms with E-state index in [9.17, 15) is 9.59 Å². The topological polar surface area (TPSA) is 106 Å². The lowest BCUT2D eigenvalue weighted by atomic mass is 9.97. The van der Waals surface area contributed by atoms with Crippen LogP contribution in [0.4, 0.5) is 5.69 Å². The summed E-state index contributed by atoms with van der Waals surface area (Å²) in [5.41, 5.74) is 3.44. The Bertz CT molecular complexity index is 1150. The van der Waals surface area contributed by atoms with Gasteiger partial charge in [0, 0.05) is 34.8 Å². The number of benzene rings is 2. The van der Waals surface area contributed by atoms with Crippen LogP contribution in [0.5, 0.6) is 0 Å². The number of nitrogens with one attached hydrogen (secondary N) is 2. The van der Waals surface area contributed by atoms with E-state index in [1.807, 2.05) is 45.0 Å². The molecule has 0 spiro atoms. The number of carbonyl (C=O) groups is 2. The Morgan fingerprint density at radius 3 is 2.30 bits per heavy atom. The zero-order valence-corrected chi connectivity index (χ0v) is 22.5. The van der Waals surface area contributed by atoms with Gasteiger partial charge in [0.05, 0.1) is 13.0 Å². The molecule has 3 aromatic rings. The molecule has 0 fully saturated rings. The van der Waals surface area contributed by atoms with E-state index in [1.54, 1.807) is 19.1 Å². The minimum atomic E-state index is -0.316. The maximum Gasteiger partial charge on any atom is 0.307 e. The second-order valence-corrected chi connectivity index (χ2v) is 10.1. The normalized spacial score (nSPS) is 12.1. The van der Waals surface area contributed by atoms with E-state index in [4.69, 9.17) is 9.15 Å². The molecule has 8 heteroatoms. The van der Waals surface area contributed by atoms with Crippen LogP contribution < -0.4 is 10.6 Å². The predicted octanol–water partition coefficient (Wildman–Crippen LogP) is 5.54. The molecule has 0 aliphatic carbocycles. The number of aromatic nitrogens is 2. The smallest absolute Gasteiger partial charge is 0.307 e. The van der Waals surface area contributed by atoms with Gasteiger partial charge in [-0.3, -0.25) is 9.59 Å². The van der Waals surface area contributed by atoms with Crippen LogP contribution in [0.1, 0.15) is 75.7 Å². The van der Waals surface area contributed by atoms with Crippen molar-refractivity contribution < 1.29 is 18.7 Å². The SMILES string of the molecule is CCCC(Cc1ccc(-c2nnc(C(C)(C)C)o2)cc1)Nc1ccc(C(=O)NCCC(=O)OCC)cc1. The molecule has 37 heavy (non-hydrogen) atoms. The fourth-order valence-corrected chi connectivity index (χ4v) is 3.85. The van der Waals surface area contributed by atoms with Gasteiger partial charge < -0.3 is 19.8 Å². The van der Waals surface area contributed by atoms with E-state index in [0.29, 0.717) is 24.0 Å². The van der Waals surface area contributed by atoms with E-state index in [2.05, 4.69) is 39.9 Å². The molecule has 0 saturated heterocycles. The lowest BCUT2D eigenvalue weighted by Gasteiger charge is -2.20. The van der Waals surface area contributed by atoms with Crippen molar-refractivity contribution in [2.45, 2.75) is 71.8 Å². The van der Waals surface area contributed by atoms with Gasteiger partial charge in [0.1, 0.15) is 0 Å². The van der Waals surface area contributed by atoms with E-state index < -0.39 is 0 Å². The van der Waals surface area contributed by atoms with Gasteiger partial charge in [0.15, 0.2) is 0 Å². The molecule has 2 aromatic carbocycles. The van der Waals surface area contributed by atoms with Gasteiger partial charge in [-0.1, -0.05) is 46.2 Å². The van der Waals surface area contributed by atoms with Gasteiger partial charge in [-0.05, 0) is 61.7 Å². The summed E-state index contributed by atoms with van der Waals surface area (Å²) in [6.45, 7) is 10.7. The highest BCUT2D eigenvalue weighted by Gasteiger charge is 2.22. The highest BCUT2D eigenvalue weighted by molar-refractivity contribution is 5.94. The minimum Gasteiger partial charge on any atom is -0.466 e. The van der Waals surface area contributed by atoms with Crippen molar-refractivity contribution in [3.05, 3.63) is 65.5 Å². The molecule has 1 heterocycles. The van der Waals surface area contributed by atoms with E-state index in [1.165, 1.54) is 5.56 Å². The molecular formula is C29H38N4O4. The highest BCUT2D eigenvalue weighted by Crippen LogP contribution is 2.26. The van der Waals surface area contributed by atoms with Gasteiger partial charge in [0.25, 0.3) is 5.91 Å². The summed E-state index contributed by atoms with van der Waals surface area (Å²) >= 11 is 0. The van der Waals surface area contributed by atoms with Gasteiger partial charge in [0.2, 0.25) is 11.8 Å². The Balaban J connectivity index is 1.56. The molecule has 0 bridgehead atoms. The first-order valence-electron chi connectivity index (χ1n) is 12.9. The number of ether oxygens (including phenoxy) is 1. The number of hydrogen-bond donors (Lipinski definition) is 2. The summed E-state index contributed by atoms with van der Waals surface area (Å²) < 4.78 is 10.7. The number of nitrogens with zero attached hydrogens (tertiary/aromatic N) is 2. The molecule has 1 aromatic heterocycles. The largest absolute Gasteiger partial charge is 0.466 e. The first kappa shape index (κ1) is 27.9. The van der Waals surface area contributed by atoms with E-state index in [0.717, 1.165) is 30.5 Å². The summed E-state index contributed by atoms with van der Waals surface area (Å²) in [7, 11) is 0. The van der Waals surface area contributed by atoms with Gasteiger partial charge in [-0.25, -0.2) is 0 Å². The summed E-state index contributed by atoms with van der Waals surface area (Å²) in [4.78, 5) is 23.8. The molecule has 0 aliphatic heterocycles. The van der Waals surface area contributed by atoms with Crippen molar-refractivity contribution in [2.75, 3.05) is 18.5 Å². The van der Waals surface area contributed by atoms with Crippen LogP contribution in [-0.4, -0.2) is 41.3 Å². The molecule has 1 unspecified atom stereocenters. The summed E-state index contributed by atoms with van der Waals surface area (Å²) in [5.74, 6) is 0.629. The van der Waals surface area contributed by atoms with Crippen molar-refractivity contribution in [1.82, 2.24) is 15.5 Å². The van der Waals surface area contributed by atoms with Crippen LogP contribution in [0.2, 0.25) is 0 Å². The van der Waals surface area contributed by atoms with Crippen molar-refractivity contribution >= 4 is 17.6 Å². The number of hydrogen-bond acceptors (Lipinski definition) is 7. The number of rotatable bonds is 12. The average molecular weight is 507 g/mol. The number of anilines is 1. The van der Waals surface area contributed by atoms with Crippen LogP contribution in [0.25, 0.3) is 11.5 Å². The summed E-state index contributed by atoms with van der Waals surface area (Å²) in [6, 6.07) is 15.9. The van der Waals surface area contributed by atoms with Crippen molar-refractivity contribution in [3.8, 4) is 11.5 Å². The molecular weight excluding hydrogens is 468 g/mol. The highest BCUT2D eigenvalue weighted by atomic mass is 16.5. The first-order chi connectivity index (χ1) is 17.7. The Morgan fingerprint density at radius 1 is 1.00 bits per heavy atom. The van der Waals surface area contributed by atoms with E-state index >= 15 is 0 Å². The van der Waals surface area contributed by atoms with Crippen LogP contribution >= 0.6 is 0 Å². The third-order valence-corrected chi connectivity index (χ3v) is 5.82. The molecule has 0 aliphatic rings. The molecule has 0 radical (unpaired) electrons. The second kappa shape index (κ2) is 13.0. The van der Waals surface area contributed by atoms with E-state index in [-0.39, 0.29) is 36.3 Å². The van der Waals surface area contributed by atoms with Crippen molar-refractivity contribution in [1.29, 1.82) is 0 Å². The Kier molecular flexibility index (Phi) is 9.83. The molecule has 1 amide bonds. The molecule has 198 valence electrons. The van der Waals surface area contributed by atoms with Crippen molar-refractivity contribution in [2.24, 2.45) is 0 Å². The zero-order chi connectivity index (χ0) is 26.8. The fraction of sp³-hybridized carbons (Fsp3) is 0.448. The predicted molar refractivity (Wildman–Crippen MR) is 144 cm³/mol. The third kappa shape index (κ3) is 8.44. The second-order valence-electron chi connectivity index (χ2n) is 10.1. The lowest BCUT2D eigenvalue weighted by Crippen LogP contribution is -2.26. The standard InChI is InChI=1S/C29H38N4O4/c1-6-8-24(19-20-9-11-22(12-10-20)27-32-33-28(37-27)29(3,4)5)31-23-15-13-21(14-16-23)26(35)30-18-17-25(34)36-7-2/h9-16,24,31H,6-8,17-19H2,1-5H3,(H,30,35). The molecule has 0 saturated carbocycles. The van der Waals surface area contributed by atoms with Crippen LogP contribution in [0, 0.1) is 0 Å².